The third kappa shape index (κ3) is 1.35. The van der Waals surface area contributed by atoms with Crippen molar-refractivity contribution in [3.05, 3.63) is 0 Å². The van der Waals surface area contributed by atoms with Crippen LogP contribution in [0.3, 0.4) is 0 Å². The molecule has 0 heterocycles. The predicted octanol–water partition coefficient (Wildman–Crippen LogP) is -0.596. The molecule has 4 bridgehead atoms. The van der Waals surface area contributed by atoms with Gasteiger partial charge in [0.1, 0.15) is 0 Å². The van der Waals surface area contributed by atoms with Crippen LogP contribution in [0, 0.1) is 23.2 Å². The van der Waals surface area contributed by atoms with Crippen molar-refractivity contribution in [3.8, 4) is 0 Å². The van der Waals surface area contributed by atoms with Gasteiger partial charge in [0.05, 0.1) is 5.41 Å². The van der Waals surface area contributed by atoms with E-state index in [-0.39, 0.29) is 25.7 Å². The van der Waals surface area contributed by atoms with Crippen LogP contribution in [0.4, 0.5) is 0 Å². The summed E-state index contributed by atoms with van der Waals surface area (Å²) in [5.41, 5.74) is -0.283. The summed E-state index contributed by atoms with van der Waals surface area (Å²) in [5.74, 6) is 1.75. The van der Waals surface area contributed by atoms with Gasteiger partial charge in [-0.1, -0.05) is 0 Å². The molecule has 0 saturated heterocycles. The maximum Gasteiger partial charge on any atom is 1.00 e. The van der Waals surface area contributed by atoms with Crippen molar-refractivity contribution < 1.29 is 30.2 Å². The third-order valence-electron chi connectivity index (χ3n) is 4.49. The molecule has 0 aromatic heterocycles. The molecule has 0 spiro atoms. The van der Waals surface area contributed by atoms with Gasteiger partial charge in [0, 0.05) is 0 Å². The Balaban J connectivity index is 0.000000562. The monoisotopic (exact) mass is 188 g/mol. The van der Waals surface area contributed by atoms with Crippen LogP contribution >= 0.6 is 0 Å². The standard InChI is InChI=1S/C11H16O2.Li.H/c12-10(13)11-4-7-1-8(5-11)3-9(2-7)6-11;;/h7-9H,1-6H2,(H,12,13);;/q;+1;-1. The van der Waals surface area contributed by atoms with Crippen LogP contribution in [0.1, 0.15) is 40.0 Å². The van der Waals surface area contributed by atoms with Crippen molar-refractivity contribution in [2.45, 2.75) is 38.5 Å². The van der Waals surface area contributed by atoms with E-state index in [2.05, 4.69) is 0 Å². The molecule has 4 saturated carbocycles. The first kappa shape index (κ1) is 10.6. The Kier molecular flexibility index (Phi) is 2.48. The van der Waals surface area contributed by atoms with Crippen molar-refractivity contribution in [3.63, 3.8) is 0 Å². The molecule has 0 atom stereocenters. The zero-order valence-electron chi connectivity index (χ0n) is 9.83. The number of rotatable bonds is 1. The number of hydrogen-bond acceptors (Lipinski definition) is 1. The fraction of sp³-hybridized carbons (Fsp3) is 0.909. The van der Waals surface area contributed by atoms with Crippen LogP contribution in [0.5, 0.6) is 0 Å². The van der Waals surface area contributed by atoms with Crippen molar-refractivity contribution >= 4 is 5.97 Å². The van der Waals surface area contributed by atoms with Gasteiger partial charge in [0.2, 0.25) is 0 Å². The Hall–Kier alpha value is 0.0674. The Morgan fingerprint density at radius 1 is 1.07 bits per heavy atom. The summed E-state index contributed by atoms with van der Waals surface area (Å²) in [4.78, 5) is 11.3. The maximum absolute atomic E-state index is 11.3. The first-order valence-electron chi connectivity index (χ1n) is 5.41. The second-order valence-electron chi connectivity index (χ2n) is 5.50. The summed E-state index contributed by atoms with van der Waals surface area (Å²) in [7, 11) is 0. The van der Waals surface area contributed by atoms with Gasteiger partial charge in [-0.3, -0.25) is 4.79 Å². The summed E-state index contributed by atoms with van der Waals surface area (Å²) < 4.78 is 0. The van der Waals surface area contributed by atoms with E-state index in [9.17, 15) is 9.90 Å². The second-order valence-corrected chi connectivity index (χ2v) is 5.50. The predicted molar refractivity (Wildman–Crippen MR) is 49.4 cm³/mol. The van der Waals surface area contributed by atoms with Crippen LogP contribution in [-0.2, 0) is 4.79 Å². The zero-order valence-corrected chi connectivity index (χ0v) is 8.83. The SMILES string of the molecule is O=C(O)C12CC3CC(CC(C3)C1)C2.[H-].[Li+]. The second kappa shape index (κ2) is 3.29. The number of hydrogen-bond donors (Lipinski definition) is 1. The molecule has 3 heteroatoms. The van der Waals surface area contributed by atoms with E-state index in [0.717, 1.165) is 37.0 Å². The quantitative estimate of drug-likeness (QED) is 0.558. The Labute approximate surface area is 98.1 Å². The van der Waals surface area contributed by atoms with Gasteiger partial charge in [-0.15, -0.1) is 0 Å². The molecule has 1 N–H and O–H groups in total. The van der Waals surface area contributed by atoms with Gasteiger partial charge in [-0.05, 0) is 56.3 Å². The van der Waals surface area contributed by atoms with E-state index < -0.39 is 5.97 Å². The summed E-state index contributed by atoms with van der Waals surface area (Å²) in [6, 6.07) is 0. The molecule has 0 aliphatic heterocycles. The van der Waals surface area contributed by atoms with Crippen LogP contribution < -0.4 is 18.9 Å². The molecule has 0 unspecified atom stereocenters. The zero-order chi connectivity index (χ0) is 9.05. The van der Waals surface area contributed by atoms with Gasteiger partial charge in [0.25, 0.3) is 0 Å². The molecular weight excluding hydrogens is 171 g/mol. The number of carboxylic acid groups (broad SMARTS) is 1. The van der Waals surface area contributed by atoms with Crippen LogP contribution in [0.25, 0.3) is 0 Å². The molecule has 0 amide bonds. The fourth-order valence-electron chi connectivity index (χ4n) is 4.37. The van der Waals surface area contributed by atoms with E-state index in [1.807, 2.05) is 0 Å². The third-order valence-corrected chi connectivity index (χ3v) is 4.49. The molecular formula is C11H17LiO2. The minimum atomic E-state index is -0.508. The minimum Gasteiger partial charge on any atom is -1.00 e. The van der Waals surface area contributed by atoms with Gasteiger partial charge in [-0.25, -0.2) is 0 Å². The Bertz CT molecular complexity index is 232. The van der Waals surface area contributed by atoms with Crippen molar-refractivity contribution in [2.24, 2.45) is 23.2 Å². The molecule has 14 heavy (non-hydrogen) atoms. The van der Waals surface area contributed by atoms with E-state index in [1.54, 1.807) is 0 Å². The van der Waals surface area contributed by atoms with E-state index in [0.29, 0.717) is 0 Å². The topological polar surface area (TPSA) is 37.3 Å². The van der Waals surface area contributed by atoms with E-state index >= 15 is 0 Å². The smallest absolute Gasteiger partial charge is 1.00 e. The van der Waals surface area contributed by atoms with Crippen molar-refractivity contribution in [2.75, 3.05) is 0 Å². The molecule has 4 rings (SSSR count). The first-order chi connectivity index (χ1) is 6.18. The molecule has 4 aliphatic carbocycles. The molecule has 0 radical (unpaired) electrons. The number of carbonyl (C=O) groups is 1. The van der Waals surface area contributed by atoms with Crippen LogP contribution in [0.15, 0.2) is 0 Å². The van der Waals surface area contributed by atoms with Crippen LogP contribution in [0.2, 0.25) is 0 Å². The average Bonchev–Trinajstić information content (AvgIpc) is 2.00. The molecule has 0 aromatic carbocycles. The van der Waals surface area contributed by atoms with Crippen LogP contribution in [-0.4, -0.2) is 11.1 Å². The van der Waals surface area contributed by atoms with Crippen molar-refractivity contribution in [1.82, 2.24) is 0 Å². The number of aliphatic carboxylic acids is 1. The average molecular weight is 188 g/mol. The fourth-order valence-corrected chi connectivity index (χ4v) is 4.37. The Morgan fingerprint density at radius 2 is 1.43 bits per heavy atom. The Morgan fingerprint density at radius 3 is 1.71 bits per heavy atom. The molecule has 4 aliphatic rings. The maximum atomic E-state index is 11.3. The largest absolute Gasteiger partial charge is 1.00 e. The molecule has 0 aromatic rings. The number of carboxylic acids is 1. The van der Waals surface area contributed by atoms with Gasteiger partial charge >= 0.3 is 24.8 Å². The molecule has 2 nitrogen and oxygen atoms in total. The summed E-state index contributed by atoms with van der Waals surface area (Å²) in [6.45, 7) is 0. The summed E-state index contributed by atoms with van der Waals surface area (Å²) >= 11 is 0. The summed E-state index contributed by atoms with van der Waals surface area (Å²) in [6.07, 6.45) is 6.92. The van der Waals surface area contributed by atoms with Gasteiger partial charge in [-0.2, -0.15) is 0 Å². The normalized spacial score (nSPS) is 48.7. The van der Waals surface area contributed by atoms with E-state index in [4.69, 9.17) is 0 Å². The van der Waals surface area contributed by atoms with E-state index in [1.165, 1.54) is 19.3 Å². The van der Waals surface area contributed by atoms with Crippen molar-refractivity contribution in [1.29, 1.82) is 0 Å². The van der Waals surface area contributed by atoms with Gasteiger partial charge in [0.15, 0.2) is 0 Å². The molecule has 74 valence electrons. The van der Waals surface area contributed by atoms with Gasteiger partial charge < -0.3 is 6.53 Å². The molecule has 4 fully saturated rings. The first-order valence-corrected chi connectivity index (χ1v) is 5.41. The minimum absolute atomic E-state index is 0. The summed E-state index contributed by atoms with van der Waals surface area (Å²) in [5, 5.41) is 9.28.